The summed E-state index contributed by atoms with van der Waals surface area (Å²) in [6.07, 6.45) is -16.4. The predicted octanol–water partition coefficient (Wildman–Crippen LogP) is -1.69. The molecule has 10 atom stereocenters. The van der Waals surface area contributed by atoms with E-state index in [0.29, 0.717) is 0 Å². The van der Waals surface area contributed by atoms with Gasteiger partial charge in [0.25, 0.3) is 0 Å². The lowest BCUT2D eigenvalue weighted by Gasteiger charge is -2.44. The lowest BCUT2D eigenvalue weighted by Crippen LogP contribution is -2.63. The zero-order valence-corrected chi connectivity index (χ0v) is 22.3. The highest BCUT2D eigenvalue weighted by atomic mass is 16.8. The molecule has 5 rings (SSSR count). The number of rotatable bonds is 6. The largest absolute Gasteiger partial charge is 0.508 e. The lowest BCUT2D eigenvalue weighted by molar-refractivity contribution is -0.373. The van der Waals surface area contributed by atoms with E-state index in [9.17, 15) is 55.9 Å². The van der Waals surface area contributed by atoms with Crippen LogP contribution in [0.15, 0.2) is 39.5 Å². The number of hydrogen-bond acceptors (Lipinski definition) is 16. The van der Waals surface area contributed by atoms with Crippen molar-refractivity contribution in [3.05, 3.63) is 40.6 Å². The minimum absolute atomic E-state index is 0.0206. The van der Waals surface area contributed by atoms with Crippen molar-refractivity contribution in [1.82, 2.24) is 0 Å². The first-order chi connectivity index (χ1) is 20.3. The molecule has 43 heavy (non-hydrogen) atoms. The molecule has 2 saturated heterocycles. The summed E-state index contributed by atoms with van der Waals surface area (Å²) in [6, 6.07) is 5.36. The maximum atomic E-state index is 13.5. The van der Waals surface area contributed by atoms with Crippen LogP contribution in [-0.4, -0.2) is 119 Å². The van der Waals surface area contributed by atoms with Gasteiger partial charge in [-0.2, -0.15) is 0 Å². The third kappa shape index (κ3) is 5.67. The molecule has 3 aromatic rings. The fourth-order valence-corrected chi connectivity index (χ4v) is 4.84. The van der Waals surface area contributed by atoms with Crippen LogP contribution in [0, 0.1) is 0 Å². The van der Waals surface area contributed by atoms with Crippen molar-refractivity contribution in [2.24, 2.45) is 0 Å². The Bertz CT molecular complexity index is 1540. The first-order valence-electron chi connectivity index (χ1n) is 13.0. The van der Waals surface area contributed by atoms with Gasteiger partial charge in [-0.05, 0) is 25.1 Å². The molecule has 0 bridgehead atoms. The van der Waals surface area contributed by atoms with E-state index in [1.54, 1.807) is 0 Å². The lowest BCUT2D eigenvalue weighted by atomic mass is 9.98. The maximum absolute atomic E-state index is 13.5. The summed E-state index contributed by atoms with van der Waals surface area (Å²) in [6.45, 7) is 0.687. The van der Waals surface area contributed by atoms with Gasteiger partial charge in [-0.1, -0.05) is 0 Å². The molecule has 0 spiro atoms. The summed E-state index contributed by atoms with van der Waals surface area (Å²) >= 11 is 0. The molecular weight excluding hydrogens is 580 g/mol. The first-order valence-corrected chi connectivity index (χ1v) is 13.0. The summed E-state index contributed by atoms with van der Waals surface area (Å²) in [5.41, 5.74) is -1.18. The average molecular weight is 611 g/mol. The van der Waals surface area contributed by atoms with E-state index in [1.165, 1.54) is 13.0 Å². The maximum Gasteiger partial charge on any atom is 0.239 e. The van der Waals surface area contributed by atoms with Crippen LogP contribution >= 0.6 is 0 Å². The molecule has 1 aromatic heterocycles. The van der Waals surface area contributed by atoms with E-state index in [1.807, 2.05) is 0 Å². The number of phenolic OH excluding ortho intramolecular Hbond substituents is 4. The Hall–Kier alpha value is -3.71. The Morgan fingerprint density at radius 3 is 2.07 bits per heavy atom. The van der Waals surface area contributed by atoms with Crippen molar-refractivity contribution in [3.8, 4) is 40.1 Å². The third-order valence-corrected chi connectivity index (χ3v) is 7.29. The number of aromatic hydroxyl groups is 4. The number of aliphatic hydroxyl groups is 6. The van der Waals surface area contributed by atoms with Crippen molar-refractivity contribution in [1.29, 1.82) is 0 Å². The van der Waals surface area contributed by atoms with E-state index in [2.05, 4.69) is 0 Å². The zero-order chi connectivity index (χ0) is 31.3. The van der Waals surface area contributed by atoms with E-state index in [4.69, 9.17) is 23.4 Å². The normalized spacial score (nSPS) is 33.0. The van der Waals surface area contributed by atoms with Gasteiger partial charge in [0.05, 0.1) is 6.10 Å². The molecule has 0 amide bonds. The van der Waals surface area contributed by atoms with Crippen LogP contribution in [0.5, 0.6) is 28.7 Å². The van der Waals surface area contributed by atoms with Crippen molar-refractivity contribution < 1.29 is 74.4 Å². The van der Waals surface area contributed by atoms with E-state index >= 15 is 0 Å². The summed E-state index contributed by atoms with van der Waals surface area (Å²) < 4.78 is 27.8. The Balaban J connectivity index is 1.45. The van der Waals surface area contributed by atoms with Crippen LogP contribution in [0.25, 0.3) is 22.3 Å². The standard InChI is InChI=1S/C27H30O16/c1-8-17(32)20(35)22(37)26(40-8)43-27-23(38)21(36)18(33)15(42-27)7-39-25-19(34)16-13(31)5-10(28)6-14(16)41-24(25)9-2-3-11(29)12(30)4-9/h2-6,8,15,17-18,20-23,26-33,35-38H,7H2,1H3. The fourth-order valence-electron chi connectivity index (χ4n) is 4.84. The second-order valence-electron chi connectivity index (χ2n) is 10.3. The van der Waals surface area contributed by atoms with Gasteiger partial charge in [0.2, 0.25) is 11.2 Å². The van der Waals surface area contributed by atoms with Gasteiger partial charge in [0.1, 0.15) is 71.8 Å². The zero-order valence-electron chi connectivity index (χ0n) is 22.3. The predicted molar refractivity (Wildman–Crippen MR) is 140 cm³/mol. The quantitative estimate of drug-likeness (QED) is 0.140. The van der Waals surface area contributed by atoms with Crippen LogP contribution in [-0.2, 0) is 14.2 Å². The number of fused-ring (bicyclic) bond motifs is 1. The SMILES string of the molecule is CC1OC(OC2OC(COc3c(-c4ccc(O)c(O)c4)oc4cc(O)cc(O)c4c3=O)C(O)C(O)C2O)C(O)C(O)C1O. The van der Waals surface area contributed by atoms with Crippen LogP contribution in [0.3, 0.4) is 0 Å². The topological polar surface area (TPSA) is 269 Å². The molecule has 3 heterocycles. The fraction of sp³-hybridized carbons (Fsp3) is 0.444. The molecule has 234 valence electrons. The highest BCUT2D eigenvalue weighted by Gasteiger charge is 2.49. The van der Waals surface area contributed by atoms with Gasteiger partial charge in [-0.15, -0.1) is 0 Å². The number of phenols is 4. The van der Waals surface area contributed by atoms with E-state index < -0.39 is 102 Å². The molecule has 0 aliphatic carbocycles. The monoisotopic (exact) mass is 610 g/mol. The minimum Gasteiger partial charge on any atom is -0.508 e. The van der Waals surface area contributed by atoms with Gasteiger partial charge in [-0.25, -0.2) is 0 Å². The first kappa shape index (κ1) is 30.7. The molecule has 16 nitrogen and oxygen atoms in total. The molecule has 2 fully saturated rings. The van der Waals surface area contributed by atoms with Gasteiger partial charge in [-0.3, -0.25) is 4.79 Å². The average Bonchev–Trinajstić information content (AvgIpc) is 2.95. The molecular formula is C27H30O16. The Morgan fingerprint density at radius 1 is 0.744 bits per heavy atom. The van der Waals surface area contributed by atoms with Crippen LogP contribution < -0.4 is 10.2 Å². The van der Waals surface area contributed by atoms with Crippen molar-refractivity contribution >= 4 is 11.0 Å². The number of hydrogen-bond donors (Lipinski definition) is 10. The van der Waals surface area contributed by atoms with Crippen molar-refractivity contribution in [3.63, 3.8) is 0 Å². The van der Waals surface area contributed by atoms with Gasteiger partial charge >= 0.3 is 0 Å². The molecule has 10 N–H and O–H groups in total. The second kappa shape index (κ2) is 11.8. The summed E-state index contributed by atoms with van der Waals surface area (Å²) in [5.74, 6) is -3.02. The van der Waals surface area contributed by atoms with Crippen LogP contribution in [0.1, 0.15) is 6.92 Å². The molecule has 2 aliphatic rings. The van der Waals surface area contributed by atoms with Crippen LogP contribution in [0.4, 0.5) is 0 Å². The molecule has 16 heteroatoms. The van der Waals surface area contributed by atoms with Gasteiger partial charge < -0.3 is 74.4 Å². The summed E-state index contributed by atoms with van der Waals surface area (Å²) in [5, 5.41) is 101. The summed E-state index contributed by atoms with van der Waals surface area (Å²) in [4.78, 5) is 13.5. The highest BCUT2D eigenvalue weighted by molar-refractivity contribution is 5.88. The molecule has 0 saturated carbocycles. The van der Waals surface area contributed by atoms with Crippen molar-refractivity contribution in [2.75, 3.05) is 6.61 Å². The van der Waals surface area contributed by atoms with E-state index in [-0.39, 0.29) is 22.3 Å². The van der Waals surface area contributed by atoms with E-state index in [0.717, 1.165) is 24.3 Å². The third-order valence-electron chi connectivity index (χ3n) is 7.29. The highest BCUT2D eigenvalue weighted by Crippen LogP contribution is 2.39. The molecule has 2 aliphatic heterocycles. The number of benzene rings is 2. The summed E-state index contributed by atoms with van der Waals surface area (Å²) in [7, 11) is 0. The molecule has 2 aromatic carbocycles. The molecule has 0 radical (unpaired) electrons. The number of aliphatic hydroxyl groups excluding tert-OH is 6. The van der Waals surface area contributed by atoms with Gasteiger partial charge in [0, 0.05) is 17.7 Å². The van der Waals surface area contributed by atoms with Crippen LogP contribution in [0.2, 0.25) is 0 Å². The van der Waals surface area contributed by atoms with Gasteiger partial charge in [0.15, 0.2) is 29.8 Å². The Kier molecular flexibility index (Phi) is 8.41. The Morgan fingerprint density at radius 2 is 1.40 bits per heavy atom. The molecule has 10 unspecified atom stereocenters. The minimum atomic E-state index is -1.89. The second-order valence-corrected chi connectivity index (χ2v) is 10.3. The van der Waals surface area contributed by atoms with Crippen molar-refractivity contribution in [2.45, 2.75) is 68.3 Å². The Labute approximate surface area is 241 Å². The smallest absolute Gasteiger partial charge is 0.239 e. The number of ether oxygens (including phenoxy) is 4.